The van der Waals surface area contributed by atoms with E-state index < -0.39 is 0 Å². The summed E-state index contributed by atoms with van der Waals surface area (Å²) in [5.74, 6) is 0.980. The molecule has 0 amide bonds. The smallest absolute Gasteiger partial charge is 0.256 e. The normalized spacial score (nSPS) is 13.1. The molecular formula is C11H20N4O. The molecule has 0 aliphatic heterocycles. The molecule has 16 heavy (non-hydrogen) atoms. The van der Waals surface area contributed by atoms with Crippen molar-refractivity contribution < 1.29 is 0 Å². The van der Waals surface area contributed by atoms with E-state index in [1.807, 2.05) is 20.8 Å². The molecular weight excluding hydrogens is 204 g/mol. The lowest BCUT2D eigenvalue weighted by atomic mass is 10.0. The predicted octanol–water partition coefficient (Wildman–Crippen LogP) is 0.960. The first kappa shape index (κ1) is 12.7. The van der Waals surface area contributed by atoms with Crippen LogP contribution in [0.2, 0.25) is 0 Å². The summed E-state index contributed by atoms with van der Waals surface area (Å²) >= 11 is 0. The Hall–Kier alpha value is -1.36. The molecule has 0 saturated heterocycles. The Morgan fingerprint density at radius 1 is 1.44 bits per heavy atom. The molecule has 5 N–H and O–H groups in total. The first-order chi connectivity index (χ1) is 7.47. The van der Waals surface area contributed by atoms with Gasteiger partial charge in [-0.25, -0.2) is 4.98 Å². The zero-order chi connectivity index (χ0) is 12.3. The van der Waals surface area contributed by atoms with Crippen molar-refractivity contribution in [3.63, 3.8) is 0 Å². The van der Waals surface area contributed by atoms with Crippen molar-refractivity contribution in [2.24, 2.45) is 11.7 Å². The number of rotatable bonds is 4. The van der Waals surface area contributed by atoms with Gasteiger partial charge in [0.2, 0.25) is 0 Å². The lowest BCUT2D eigenvalue weighted by Gasteiger charge is -2.15. The van der Waals surface area contributed by atoms with Crippen molar-refractivity contribution in [1.82, 2.24) is 9.97 Å². The fourth-order valence-corrected chi connectivity index (χ4v) is 1.50. The molecule has 0 aliphatic carbocycles. The summed E-state index contributed by atoms with van der Waals surface area (Å²) in [5.41, 5.74) is 12.1. The van der Waals surface area contributed by atoms with E-state index in [4.69, 9.17) is 11.5 Å². The van der Waals surface area contributed by atoms with Crippen LogP contribution in [-0.4, -0.2) is 9.97 Å². The van der Waals surface area contributed by atoms with Gasteiger partial charge in [0.25, 0.3) is 5.56 Å². The highest BCUT2D eigenvalue weighted by molar-refractivity contribution is 5.38. The summed E-state index contributed by atoms with van der Waals surface area (Å²) in [5, 5.41) is 0. The second-order valence-corrected chi connectivity index (χ2v) is 4.33. The number of aromatic amines is 1. The second-order valence-electron chi connectivity index (χ2n) is 4.33. The standard InChI is InChI=1S/C11H20N4O/c1-4-5-7-9(13)14-10(15-11(7)16)8(12)6(2)3/h6,8H,4-5,12H2,1-3H3,(H3,13,14,15,16). The predicted molar refractivity (Wildman–Crippen MR) is 65.0 cm³/mol. The third-order valence-electron chi connectivity index (χ3n) is 2.60. The van der Waals surface area contributed by atoms with Crippen molar-refractivity contribution in [2.45, 2.75) is 39.7 Å². The Morgan fingerprint density at radius 3 is 2.50 bits per heavy atom. The van der Waals surface area contributed by atoms with Crippen LogP contribution in [0, 0.1) is 5.92 Å². The Bertz CT molecular complexity index is 411. The van der Waals surface area contributed by atoms with E-state index in [0.29, 0.717) is 23.6 Å². The van der Waals surface area contributed by atoms with E-state index in [9.17, 15) is 4.79 Å². The minimum Gasteiger partial charge on any atom is -0.383 e. The lowest BCUT2D eigenvalue weighted by molar-refractivity contribution is 0.489. The molecule has 0 saturated carbocycles. The molecule has 1 rings (SSSR count). The summed E-state index contributed by atoms with van der Waals surface area (Å²) in [7, 11) is 0. The summed E-state index contributed by atoms with van der Waals surface area (Å²) in [6.45, 7) is 5.94. The molecule has 0 bridgehead atoms. The quantitative estimate of drug-likeness (QED) is 0.709. The molecule has 1 unspecified atom stereocenters. The maximum atomic E-state index is 11.7. The second kappa shape index (κ2) is 5.12. The van der Waals surface area contributed by atoms with Crippen LogP contribution in [0.5, 0.6) is 0 Å². The fraction of sp³-hybridized carbons (Fsp3) is 0.636. The van der Waals surface area contributed by atoms with E-state index in [-0.39, 0.29) is 17.5 Å². The van der Waals surface area contributed by atoms with Crippen LogP contribution < -0.4 is 17.0 Å². The van der Waals surface area contributed by atoms with Crippen molar-refractivity contribution in [3.8, 4) is 0 Å². The average Bonchev–Trinajstić information content (AvgIpc) is 2.21. The maximum Gasteiger partial charge on any atom is 0.256 e. The Kier molecular flexibility index (Phi) is 4.06. The van der Waals surface area contributed by atoms with E-state index in [1.165, 1.54) is 0 Å². The average molecular weight is 224 g/mol. The fourth-order valence-electron chi connectivity index (χ4n) is 1.50. The van der Waals surface area contributed by atoms with Gasteiger partial charge in [-0.1, -0.05) is 27.2 Å². The van der Waals surface area contributed by atoms with Crippen LogP contribution in [-0.2, 0) is 6.42 Å². The largest absolute Gasteiger partial charge is 0.383 e. The van der Waals surface area contributed by atoms with Gasteiger partial charge in [0.05, 0.1) is 11.6 Å². The minimum atomic E-state index is -0.286. The molecule has 5 nitrogen and oxygen atoms in total. The number of aromatic nitrogens is 2. The number of nitrogen functional groups attached to an aromatic ring is 1. The molecule has 1 atom stereocenters. The molecule has 90 valence electrons. The monoisotopic (exact) mass is 224 g/mol. The SMILES string of the molecule is CCCc1c(N)nc(C(N)C(C)C)[nH]c1=O. The number of H-pyrrole nitrogens is 1. The first-order valence-corrected chi connectivity index (χ1v) is 5.61. The van der Waals surface area contributed by atoms with Gasteiger partial charge >= 0.3 is 0 Å². The topological polar surface area (TPSA) is 97.8 Å². The van der Waals surface area contributed by atoms with Crippen LogP contribution in [0.25, 0.3) is 0 Å². The zero-order valence-electron chi connectivity index (χ0n) is 10.1. The number of hydrogen-bond acceptors (Lipinski definition) is 4. The Morgan fingerprint density at radius 2 is 2.06 bits per heavy atom. The van der Waals surface area contributed by atoms with Crippen molar-refractivity contribution in [1.29, 1.82) is 0 Å². The number of anilines is 1. The highest BCUT2D eigenvalue weighted by Gasteiger charge is 2.16. The van der Waals surface area contributed by atoms with Crippen LogP contribution >= 0.6 is 0 Å². The molecule has 0 fully saturated rings. The van der Waals surface area contributed by atoms with Crippen LogP contribution in [0.4, 0.5) is 5.82 Å². The van der Waals surface area contributed by atoms with E-state index >= 15 is 0 Å². The molecule has 5 heteroatoms. The Balaban J connectivity index is 3.14. The van der Waals surface area contributed by atoms with Gasteiger partial charge in [-0.2, -0.15) is 0 Å². The van der Waals surface area contributed by atoms with Crippen molar-refractivity contribution in [3.05, 3.63) is 21.7 Å². The van der Waals surface area contributed by atoms with Crippen LogP contribution in [0.3, 0.4) is 0 Å². The molecule has 0 radical (unpaired) electrons. The summed E-state index contributed by atoms with van der Waals surface area (Å²) < 4.78 is 0. The van der Waals surface area contributed by atoms with Gasteiger partial charge in [-0.15, -0.1) is 0 Å². The van der Waals surface area contributed by atoms with Gasteiger partial charge in [-0.05, 0) is 12.3 Å². The summed E-state index contributed by atoms with van der Waals surface area (Å²) in [4.78, 5) is 18.6. The molecule has 1 aromatic heterocycles. The van der Waals surface area contributed by atoms with Gasteiger partial charge < -0.3 is 16.5 Å². The summed E-state index contributed by atoms with van der Waals surface area (Å²) in [6.07, 6.45) is 1.51. The molecule has 1 heterocycles. The third-order valence-corrected chi connectivity index (χ3v) is 2.60. The zero-order valence-corrected chi connectivity index (χ0v) is 10.1. The van der Waals surface area contributed by atoms with E-state index in [2.05, 4.69) is 9.97 Å². The number of nitrogens with zero attached hydrogens (tertiary/aromatic N) is 1. The van der Waals surface area contributed by atoms with E-state index in [0.717, 1.165) is 6.42 Å². The summed E-state index contributed by atoms with van der Waals surface area (Å²) in [6, 6.07) is -0.286. The van der Waals surface area contributed by atoms with Crippen molar-refractivity contribution in [2.75, 3.05) is 5.73 Å². The van der Waals surface area contributed by atoms with Gasteiger partial charge in [-0.3, -0.25) is 4.79 Å². The lowest BCUT2D eigenvalue weighted by Crippen LogP contribution is -2.26. The Labute approximate surface area is 95.3 Å². The van der Waals surface area contributed by atoms with Crippen LogP contribution in [0.1, 0.15) is 44.6 Å². The number of nitrogens with one attached hydrogen (secondary N) is 1. The van der Waals surface area contributed by atoms with Crippen LogP contribution in [0.15, 0.2) is 4.79 Å². The molecule has 0 spiro atoms. The molecule has 1 aromatic rings. The number of hydrogen-bond donors (Lipinski definition) is 3. The minimum absolute atomic E-state index is 0.166. The van der Waals surface area contributed by atoms with Gasteiger partial charge in [0, 0.05) is 0 Å². The highest BCUT2D eigenvalue weighted by atomic mass is 16.1. The molecule has 0 aliphatic rings. The first-order valence-electron chi connectivity index (χ1n) is 5.61. The number of nitrogens with two attached hydrogens (primary N) is 2. The highest BCUT2D eigenvalue weighted by Crippen LogP contribution is 2.15. The van der Waals surface area contributed by atoms with Crippen molar-refractivity contribution >= 4 is 5.82 Å². The maximum absolute atomic E-state index is 11.7. The third kappa shape index (κ3) is 2.61. The van der Waals surface area contributed by atoms with E-state index in [1.54, 1.807) is 0 Å². The van der Waals surface area contributed by atoms with Gasteiger partial charge in [0.15, 0.2) is 0 Å². The molecule has 0 aromatic carbocycles. The van der Waals surface area contributed by atoms with Gasteiger partial charge in [0.1, 0.15) is 11.6 Å².